The highest BCUT2D eigenvalue weighted by molar-refractivity contribution is 6.33. The summed E-state index contributed by atoms with van der Waals surface area (Å²) in [4.78, 5) is 26.6. The van der Waals surface area contributed by atoms with E-state index in [0.29, 0.717) is 11.3 Å². The van der Waals surface area contributed by atoms with Crippen LogP contribution in [0.3, 0.4) is 0 Å². The molecule has 142 valence electrons. The second kappa shape index (κ2) is 8.99. The summed E-state index contributed by atoms with van der Waals surface area (Å²) in [5.41, 5.74) is 2.30. The average molecular weight is 389 g/mol. The van der Waals surface area contributed by atoms with Gasteiger partial charge in [-0.3, -0.25) is 9.69 Å². The van der Waals surface area contributed by atoms with Crippen molar-refractivity contribution in [1.82, 2.24) is 4.90 Å². The van der Waals surface area contributed by atoms with E-state index >= 15 is 0 Å². The number of anilines is 1. The quantitative estimate of drug-likeness (QED) is 0.796. The summed E-state index contributed by atoms with van der Waals surface area (Å²) >= 11 is 6.01. The van der Waals surface area contributed by atoms with Crippen molar-refractivity contribution in [2.24, 2.45) is 0 Å². The van der Waals surface area contributed by atoms with Crippen LogP contribution in [-0.2, 0) is 16.0 Å². The largest absolute Gasteiger partial charge is 0.465 e. The number of carbonyl (C=O) groups is 2. The molecule has 1 aliphatic rings. The summed E-state index contributed by atoms with van der Waals surface area (Å²) in [7, 11) is 1.28. The number of carbonyl (C=O) groups excluding carboxylic acids is 2. The zero-order valence-electron chi connectivity index (χ0n) is 15.0. The van der Waals surface area contributed by atoms with Crippen molar-refractivity contribution in [3.8, 4) is 0 Å². The number of nitrogens with zero attached hydrogens (tertiary/aromatic N) is 1. The smallest absolute Gasteiger partial charge is 0.339 e. The lowest BCUT2D eigenvalue weighted by Crippen LogP contribution is -2.35. The Bertz CT molecular complexity index is 834. The van der Waals surface area contributed by atoms with E-state index in [9.17, 15) is 9.59 Å². The topological polar surface area (TPSA) is 67.9 Å². The SMILES string of the molecule is COC(=O)c1cc(NC(=O)c2cccc(CN3CCOCC3)c2)ccc1Cl. The number of nitrogens with one attached hydrogen (secondary N) is 1. The number of esters is 1. The first kappa shape index (κ1) is 19.4. The first-order valence-electron chi connectivity index (χ1n) is 8.65. The molecule has 0 atom stereocenters. The van der Waals surface area contributed by atoms with Crippen LogP contribution in [0.4, 0.5) is 5.69 Å². The zero-order valence-corrected chi connectivity index (χ0v) is 15.8. The molecule has 1 N–H and O–H groups in total. The minimum atomic E-state index is -0.552. The fraction of sp³-hybridized carbons (Fsp3) is 0.300. The maximum absolute atomic E-state index is 12.6. The van der Waals surface area contributed by atoms with Crippen molar-refractivity contribution < 1.29 is 19.1 Å². The summed E-state index contributed by atoms with van der Waals surface area (Å²) in [6.45, 7) is 4.02. The molecule has 1 amide bonds. The van der Waals surface area contributed by atoms with Crippen molar-refractivity contribution in [3.05, 3.63) is 64.2 Å². The second-order valence-corrected chi connectivity index (χ2v) is 6.64. The number of ether oxygens (including phenoxy) is 2. The van der Waals surface area contributed by atoms with Crippen LogP contribution in [0.1, 0.15) is 26.3 Å². The van der Waals surface area contributed by atoms with E-state index in [-0.39, 0.29) is 16.5 Å². The predicted molar refractivity (Wildman–Crippen MR) is 103 cm³/mol. The van der Waals surface area contributed by atoms with Gasteiger partial charge >= 0.3 is 5.97 Å². The molecule has 0 spiro atoms. The molecular weight excluding hydrogens is 368 g/mol. The molecule has 27 heavy (non-hydrogen) atoms. The van der Waals surface area contributed by atoms with Gasteiger partial charge in [0.25, 0.3) is 5.91 Å². The second-order valence-electron chi connectivity index (χ2n) is 6.23. The van der Waals surface area contributed by atoms with Crippen LogP contribution in [0.2, 0.25) is 5.02 Å². The Morgan fingerprint density at radius 2 is 1.96 bits per heavy atom. The number of morpholine rings is 1. The van der Waals surface area contributed by atoms with Crippen molar-refractivity contribution in [2.75, 3.05) is 38.7 Å². The Morgan fingerprint density at radius 3 is 2.70 bits per heavy atom. The van der Waals surface area contributed by atoms with Crippen molar-refractivity contribution in [1.29, 1.82) is 0 Å². The van der Waals surface area contributed by atoms with Crippen LogP contribution < -0.4 is 5.32 Å². The minimum Gasteiger partial charge on any atom is -0.465 e. The van der Waals surface area contributed by atoms with E-state index in [2.05, 4.69) is 10.2 Å². The summed E-state index contributed by atoms with van der Waals surface area (Å²) in [6, 6.07) is 12.2. The van der Waals surface area contributed by atoms with Gasteiger partial charge in [0.1, 0.15) is 0 Å². The number of hydrogen-bond acceptors (Lipinski definition) is 5. The average Bonchev–Trinajstić information content (AvgIpc) is 2.70. The van der Waals surface area contributed by atoms with Crippen LogP contribution in [0.15, 0.2) is 42.5 Å². The summed E-state index contributed by atoms with van der Waals surface area (Å²) in [5, 5.41) is 3.07. The molecule has 0 radical (unpaired) electrons. The monoisotopic (exact) mass is 388 g/mol. The van der Waals surface area contributed by atoms with Crippen LogP contribution in [0.5, 0.6) is 0 Å². The third kappa shape index (κ3) is 5.07. The molecule has 1 heterocycles. The molecule has 2 aromatic carbocycles. The van der Waals surface area contributed by atoms with Gasteiger partial charge in [0.2, 0.25) is 0 Å². The molecule has 7 heteroatoms. The van der Waals surface area contributed by atoms with E-state index < -0.39 is 5.97 Å². The maximum Gasteiger partial charge on any atom is 0.339 e. The van der Waals surface area contributed by atoms with Gasteiger partial charge in [0, 0.05) is 30.9 Å². The molecule has 1 fully saturated rings. The molecule has 0 aliphatic carbocycles. The van der Waals surface area contributed by atoms with Gasteiger partial charge in [-0.1, -0.05) is 23.7 Å². The van der Waals surface area contributed by atoms with Crippen molar-refractivity contribution >= 4 is 29.2 Å². The predicted octanol–water partition coefficient (Wildman–Crippen LogP) is 3.21. The van der Waals surface area contributed by atoms with Crippen molar-refractivity contribution in [3.63, 3.8) is 0 Å². The fourth-order valence-electron chi connectivity index (χ4n) is 2.90. The van der Waals surface area contributed by atoms with Crippen LogP contribution in [-0.4, -0.2) is 50.2 Å². The molecule has 2 aromatic rings. The molecule has 6 nitrogen and oxygen atoms in total. The molecule has 1 aliphatic heterocycles. The number of methoxy groups -OCH3 is 1. The number of hydrogen-bond donors (Lipinski definition) is 1. The molecular formula is C20H21ClN2O4. The maximum atomic E-state index is 12.6. The van der Waals surface area contributed by atoms with Gasteiger partial charge in [-0.15, -0.1) is 0 Å². The van der Waals surface area contributed by atoms with Gasteiger partial charge in [-0.25, -0.2) is 4.79 Å². The lowest BCUT2D eigenvalue weighted by molar-refractivity contribution is 0.0342. The summed E-state index contributed by atoms with van der Waals surface area (Å²) < 4.78 is 10.1. The lowest BCUT2D eigenvalue weighted by atomic mass is 10.1. The normalized spacial score (nSPS) is 14.6. The number of halogens is 1. The van der Waals surface area contributed by atoms with E-state index in [1.54, 1.807) is 18.2 Å². The first-order valence-corrected chi connectivity index (χ1v) is 9.03. The van der Waals surface area contributed by atoms with E-state index in [4.69, 9.17) is 21.1 Å². The molecule has 0 saturated carbocycles. The Balaban J connectivity index is 1.71. The number of rotatable bonds is 5. The Kier molecular flexibility index (Phi) is 6.45. The van der Waals surface area contributed by atoms with Crippen LogP contribution >= 0.6 is 11.6 Å². The molecule has 3 rings (SSSR count). The van der Waals surface area contributed by atoms with Gasteiger partial charge < -0.3 is 14.8 Å². The number of amides is 1. The number of benzene rings is 2. The van der Waals surface area contributed by atoms with Gasteiger partial charge in [-0.2, -0.15) is 0 Å². The minimum absolute atomic E-state index is 0.207. The van der Waals surface area contributed by atoms with E-state index in [1.165, 1.54) is 13.2 Å². The van der Waals surface area contributed by atoms with E-state index in [0.717, 1.165) is 38.4 Å². The third-order valence-electron chi connectivity index (χ3n) is 4.33. The Morgan fingerprint density at radius 1 is 1.19 bits per heavy atom. The zero-order chi connectivity index (χ0) is 19.2. The van der Waals surface area contributed by atoms with E-state index in [1.807, 2.05) is 18.2 Å². The molecule has 1 saturated heterocycles. The lowest BCUT2D eigenvalue weighted by Gasteiger charge is -2.26. The Hall–Kier alpha value is -2.41. The molecule has 0 bridgehead atoms. The Labute approximate surface area is 163 Å². The van der Waals surface area contributed by atoms with Crippen molar-refractivity contribution in [2.45, 2.75) is 6.54 Å². The summed E-state index contributed by atoms with van der Waals surface area (Å²) in [6.07, 6.45) is 0. The standard InChI is InChI=1S/C20H21ClN2O4/c1-26-20(25)17-12-16(5-6-18(17)21)22-19(24)15-4-2-3-14(11-15)13-23-7-9-27-10-8-23/h2-6,11-12H,7-10,13H2,1H3,(H,22,24). The van der Waals surface area contributed by atoms with Gasteiger partial charge in [0.15, 0.2) is 0 Å². The first-order chi connectivity index (χ1) is 13.1. The highest BCUT2D eigenvalue weighted by atomic mass is 35.5. The summed E-state index contributed by atoms with van der Waals surface area (Å²) in [5.74, 6) is -0.805. The molecule has 0 aromatic heterocycles. The highest BCUT2D eigenvalue weighted by Crippen LogP contribution is 2.22. The van der Waals surface area contributed by atoms with Crippen LogP contribution in [0.25, 0.3) is 0 Å². The van der Waals surface area contributed by atoms with Gasteiger partial charge in [0.05, 0.1) is 30.9 Å². The van der Waals surface area contributed by atoms with Gasteiger partial charge in [-0.05, 0) is 35.9 Å². The highest BCUT2D eigenvalue weighted by Gasteiger charge is 2.15. The fourth-order valence-corrected chi connectivity index (χ4v) is 3.10. The van der Waals surface area contributed by atoms with Crippen LogP contribution in [0, 0.1) is 0 Å². The molecule has 0 unspecified atom stereocenters. The third-order valence-corrected chi connectivity index (χ3v) is 4.66.